The van der Waals surface area contributed by atoms with Crippen LogP contribution >= 0.6 is 0 Å². The van der Waals surface area contributed by atoms with Crippen LogP contribution in [0.4, 0.5) is 0 Å². The Kier molecular flexibility index (Phi) is 5.82. The molecule has 2 heteroatoms. The summed E-state index contributed by atoms with van der Waals surface area (Å²) in [6.07, 6.45) is 4.40. The quantitative estimate of drug-likeness (QED) is 0.390. The highest BCUT2D eigenvalue weighted by Crippen LogP contribution is 1.74. The molecule has 46 valence electrons. The first-order valence-electron chi connectivity index (χ1n) is 2.88. The molecule has 2 nitrogen and oxygen atoms in total. The molecule has 0 aromatic heterocycles. The van der Waals surface area contributed by atoms with Gasteiger partial charge in [-0.15, -0.1) is 0 Å². The van der Waals surface area contributed by atoms with Gasteiger partial charge in [-0.25, -0.2) is 4.99 Å². The van der Waals surface area contributed by atoms with Gasteiger partial charge in [0.2, 0.25) is 0 Å². The Balaban J connectivity index is 3.07. The van der Waals surface area contributed by atoms with Crippen LogP contribution in [0, 0.1) is 0 Å². The predicted molar refractivity (Wildman–Crippen MR) is 37.8 cm³/mol. The van der Waals surface area contributed by atoms with Gasteiger partial charge in [0.25, 0.3) is 0 Å². The Morgan fingerprint density at radius 1 is 1.50 bits per heavy atom. The van der Waals surface area contributed by atoms with Crippen LogP contribution in [0.25, 0.3) is 0 Å². The second-order valence-corrected chi connectivity index (χ2v) is 1.43. The average molecular weight is 112 g/mol. The number of hydrogen-bond donors (Lipinski definition) is 0. The lowest BCUT2D eigenvalue weighted by atomic mass is 10.5. The predicted octanol–water partition coefficient (Wildman–Crippen LogP) is 1.52. The van der Waals surface area contributed by atoms with Crippen LogP contribution in [0.15, 0.2) is 9.98 Å². The lowest BCUT2D eigenvalue weighted by Crippen LogP contribution is -1.74. The van der Waals surface area contributed by atoms with Crippen molar-refractivity contribution in [1.82, 2.24) is 0 Å². The maximum Gasteiger partial charge on any atom is 0.109 e. The minimum atomic E-state index is 0.886. The molecule has 8 heavy (non-hydrogen) atoms. The molecule has 0 radical (unpaired) electrons. The normalized spacial score (nSPS) is 11.8. The van der Waals surface area contributed by atoms with Gasteiger partial charge in [0.1, 0.15) is 6.34 Å². The number of aliphatic imine (C=N–C) groups is 2. The smallest absolute Gasteiger partial charge is 0.109 e. The zero-order valence-electron chi connectivity index (χ0n) is 5.46. The highest BCUT2D eigenvalue weighted by molar-refractivity contribution is 5.70. The molecule has 0 unspecified atom stereocenters. The van der Waals surface area contributed by atoms with E-state index >= 15 is 0 Å². The van der Waals surface area contributed by atoms with Crippen molar-refractivity contribution in [1.29, 1.82) is 0 Å². The zero-order chi connectivity index (χ0) is 6.24. The van der Waals surface area contributed by atoms with Crippen LogP contribution in [0.3, 0.4) is 0 Å². The summed E-state index contributed by atoms with van der Waals surface area (Å²) >= 11 is 0. The van der Waals surface area contributed by atoms with Crippen molar-refractivity contribution in [3.63, 3.8) is 0 Å². The minimum absolute atomic E-state index is 0.886. The van der Waals surface area contributed by atoms with Crippen molar-refractivity contribution in [2.45, 2.75) is 20.3 Å². The van der Waals surface area contributed by atoms with Gasteiger partial charge in [-0.05, 0) is 13.3 Å². The number of rotatable bonds is 3. The molecule has 0 aromatic rings. The fraction of sp³-hybridized carbons (Fsp3) is 0.667. The lowest BCUT2D eigenvalue weighted by molar-refractivity contribution is 0.935. The van der Waals surface area contributed by atoms with Crippen LogP contribution in [0.1, 0.15) is 20.3 Å². The van der Waals surface area contributed by atoms with Gasteiger partial charge in [-0.3, -0.25) is 4.99 Å². The van der Waals surface area contributed by atoms with E-state index < -0.39 is 0 Å². The molecule has 0 aliphatic carbocycles. The Morgan fingerprint density at radius 2 is 2.25 bits per heavy atom. The molecule has 0 atom stereocenters. The first kappa shape index (κ1) is 7.34. The minimum Gasteiger partial charge on any atom is -0.274 e. The summed E-state index contributed by atoms with van der Waals surface area (Å²) in [6.45, 7) is 4.85. The average Bonchev–Trinajstić information content (AvgIpc) is 1.81. The maximum absolute atomic E-state index is 3.96. The van der Waals surface area contributed by atoms with Gasteiger partial charge >= 0.3 is 0 Å². The fourth-order valence-corrected chi connectivity index (χ4v) is 0.301. The molecule has 0 aliphatic heterocycles. The first-order chi connectivity index (χ1) is 3.91. The van der Waals surface area contributed by atoms with Gasteiger partial charge < -0.3 is 0 Å². The van der Waals surface area contributed by atoms with E-state index in [4.69, 9.17) is 0 Å². The van der Waals surface area contributed by atoms with Crippen molar-refractivity contribution in [3.05, 3.63) is 0 Å². The third-order valence-electron chi connectivity index (χ3n) is 0.650. The number of nitrogens with zero attached hydrogens (tertiary/aromatic N) is 2. The Bertz CT molecular complexity index is 84.5. The van der Waals surface area contributed by atoms with E-state index in [1.165, 1.54) is 0 Å². The SMILES string of the molecule is CC=NC=NCCC. The maximum atomic E-state index is 3.96. The summed E-state index contributed by atoms with van der Waals surface area (Å²) < 4.78 is 0. The molecular weight excluding hydrogens is 100 g/mol. The van der Waals surface area contributed by atoms with Crippen LogP contribution in [0.5, 0.6) is 0 Å². The second-order valence-electron chi connectivity index (χ2n) is 1.43. The molecule has 0 amide bonds. The van der Waals surface area contributed by atoms with E-state index in [1.54, 1.807) is 12.6 Å². The highest BCUT2D eigenvalue weighted by atomic mass is 14.8. The third-order valence-corrected chi connectivity index (χ3v) is 0.650. The van der Waals surface area contributed by atoms with Crippen molar-refractivity contribution in [2.24, 2.45) is 9.98 Å². The fourth-order valence-electron chi connectivity index (χ4n) is 0.301. The molecule has 0 bridgehead atoms. The van der Waals surface area contributed by atoms with Crippen LogP contribution in [-0.2, 0) is 0 Å². The van der Waals surface area contributed by atoms with Gasteiger partial charge in [0.15, 0.2) is 0 Å². The van der Waals surface area contributed by atoms with Gasteiger partial charge in [0, 0.05) is 12.8 Å². The topological polar surface area (TPSA) is 24.7 Å². The molecule has 0 aromatic carbocycles. The van der Waals surface area contributed by atoms with E-state index in [9.17, 15) is 0 Å². The summed E-state index contributed by atoms with van der Waals surface area (Å²) in [6, 6.07) is 0. The summed E-state index contributed by atoms with van der Waals surface area (Å²) in [5.74, 6) is 0. The number of hydrogen-bond acceptors (Lipinski definition) is 1. The zero-order valence-corrected chi connectivity index (χ0v) is 5.46. The van der Waals surface area contributed by atoms with E-state index in [0.717, 1.165) is 13.0 Å². The lowest BCUT2D eigenvalue weighted by Gasteiger charge is -1.79. The van der Waals surface area contributed by atoms with Crippen molar-refractivity contribution in [3.8, 4) is 0 Å². The molecular formula is C6H12N2. The van der Waals surface area contributed by atoms with E-state index in [2.05, 4.69) is 16.9 Å². The molecule has 0 fully saturated rings. The van der Waals surface area contributed by atoms with E-state index in [-0.39, 0.29) is 0 Å². The van der Waals surface area contributed by atoms with E-state index in [1.807, 2.05) is 6.92 Å². The standard InChI is InChI=1S/C6H12N2/c1-3-5-8-6-7-4-2/h4,6H,3,5H2,1-2H3. The van der Waals surface area contributed by atoms with Crippen molar-refractivity contribution >= 4 is 12.6 Å². The third kappa shape index (κ3) is 5.34. The summed E-state index contributed by atoms with van der Waals surface area (Å²) in [7, 11) is 0. The Hall–Kier alpha value is -0.660. The largest absolute Gasteiger partial charge is 0.274 e. The summed E-state index contributed by atoms with van der Waals surface area (Å²) in [5.41, 5.74) is 0. The summed E-state index contributed by atoms with van der Waals surface area (Å²) in [5, 5.41) is 0. The highest BCUT2D eigenvalue weighted by Gasteiger charge is 1.67. The van der Waals surface area contributed by atoms with Gasteiger partial charge in [0.05, 0.1) is 0 Å². The van der Waals surface area contributed by atoms with Crippen molar-refractivity contribution < 1.29 is 0 Å². The molecule has 0 spiro atoms. The Labute approximate surface area is 50.4 Å². The monoisotopic (exact) mass is 112 g/mol. The molecule has 0 N–H and O–H groups in total. The van der Waals surface area contributed by atoms with Crippen LogP contribution < -0.4 is 0 Å². The van der Waals surface area contributed by atoms with Gasteiger partial charge in [-0.1, -0.05) is 6.92 Å². The second kappa shape index (κ2) is 6.34. The molecule has 0 rings (SSSR count). The van der Waals surface area contributed by atoms with Crippen LogP contribution in [-0.4, -0.2) is 19.1 Å². The molecule has 0 saturated carbocycles. The van der Waals surface area contributed by atoms with Crippen LogP contribution in [0.2, 0.25) is 0 Å². The first-order valence-corrected chi connectivity index (χ1v) is 2.88. The van der Waals surface area contributed by atoms with Crippen molar-refractivity contribution in [2.75, 3.05) is 6.54 Å². The Morgan fingerprint density at radius 3 is 2.75 bits per heavy atom. The summed E-state index contributed by atoms with van der Waals surface area (Å²) in [4.78, 5) is 7.75. The van der Waals surface area contributed by atoms with E-state index in [0.29, 0.717) is 0 Å². The molecule has 0 aliphatic rings. The molecule has 0 heterocycles. The van der Waals surface area contributed by atoms with Gasteiger partial charge in [-0.2, -0.15) is 0 Å². The molecule has 0 saturated heterocycles.